The minimum Gasteiger partial charge on any atom is -0.487 e. The Balaban J connectivity index is 1.35. The summed E-state index contributed by atoms with van der Waals surface area (Å²) in [5.41, 5.74) is 1.40. The number of benzene rings is 2. The van der Waals surface area contributed by atoms with Crippen LogP contribution in [0.4, 0.5) is 10.2 Å². The molecule has 2 aromatic heterocycles. The minimum absolute atomic E-state index is 0.264. The van der Waals surface area contributed by atoms with Crippen LogP contribution in [-0.4, -0.2) is 15.7 Å². The Morgan fingerprint density at radius 2 is 1.97 bits per heavy atom. The van der Waals surface area contributed by atoms with Gasteiger partial charge in [-0.05, 0) is 29.6 Å². The zero-order valence-corrected chi connectivity index (χ0v) is 17.3. The highest BCUT2D eigenvalue weighted by molar-refractivity contribution is 7.12. The van der Waals surface area contributed by atoms with Crippen LogP contribution in [0.15, 0.2) is 72.2 Å². The van der Waals surface area contributed by atoms with E-state index in [1.165, 1.54) is 17.4 Å². The van der Waals surface area contributed by atoms with Crippen molar-refractivity contribution in [2.75, 3.05) is 5.32 Å². The first-order chi connectivity index (χ1) is 14.6. The number of nitrogens with one attached hydrogen (secondary N) is 1. The molecule has 2 heterocycles. The SMILES string of the molecule is O=C(Nc1ccn(Cc2ccccc2F)n1)c1cc(COc2ccccc2Cl)cs1. The minimum atomic E-state index is -0.288. The average Bonchev–Trinajstić information content (AvgIpc) is 3.39. The van der Waals surface area contributed by atoms with Crippen molar-refractivity contribution in [3.8, 4) is 5.75 Å². The van der Waals surface area contributed by atoms with E-state index in [2.05, 4.69) is 10.4 Å². The number of rotatable bonds is 7. The summed E-state index contributed by atoms with van der Waals surface area (Å²) in [4.78, 5) is 13.0. The van der Waals surface area contributed by atoms with Crippen LogP contribution >= 0.6 is 22.9 Å². The Hall–Kier alpha value is -3.16. The van der Waals surface area contributed by atoms with E-state index in [0.717, 1.165) is 5.56 Å². The quantitative estimate of drug-likeness (QED) is 0.405. The van der Waals surface area contributed by atoms with Crippen molar-refractivity contribution in [1.29, 1.82) is 0 Å². The third-order valence-corrected chi connectivity index (χ3v) is 5.57. The monoisotopic (exact) mass is 441 g/mol. The molecule has 0 saturated heterocycles. The number of ether oxygens (including phenoxy) is 1. The lowest BCUT2D eigenvalue weighted by molar-refractivity contribution is 0.103. The summed E-state index contributed by atoms with van der Waals surface area (Å²) in [6.45, 7) is 0.593. The summed E-state index contributed by atoms with van der Waals surface area (Å²) in [7, 11) is 0. The fourth-order valence-electron chi connectivity index (χ4n) is 2.79. The number of carbonyl (C=O) groups is 1. The van der Waals surface area contributed by atoms with E-state index in [4.69, 9.17) is 16.3 Å². The van der Waals surface area contributed by atoms with Gasteiger partial charge in [-0.25, -0.2) is 4.39 Å². The zero-order chi connectivity index (χ0) is 20.9. The number of para-hydroxylation sites is 1. The summed E-state index contributed by atoms with van der Waals surface area (Å²) >= 11 is 7.40. The van der Waals surface area contributed by atoms with Crippen molar-refractivity contribution in [2.45, 2.75) is 13.2 Å². The lowest BCUT2D eigenvalue weighted by atomic mass is 10.2. The van der Waals surface area contributed by atoms with Crippen molar-refractivity contribution in [1.82, 2.24) is 9.78 Å². The van der Waals surface area contributed by atoms with Crippen LogP contribution in [0.3, 0.4) is 0 Å². The van der Waals surface area contributed by atoms with Gasteiger partial charge < -0.3 is 10.1 Å². The van der Waals surface area contributed by atoms with Gasteiger partial charge in [0.25, 0.3) is 5.91 Å². The Morgan fingerprint density at radius 1 is 1.17 bits per heavy atom. The van der Waals surface area contributed by atoms with Crippen molar-refractivity contribution in [2.24, 2.45) is 0 Å². The van der Waals surface area contributed by atoms with Crippen LogP contribution in [0.5, 0.6) is 5.75 Å². The summed E-state index contributed by atoms with van der Waals surface area (Å²) < 4.78 is 21.1. The number of anilines is 1. The number of hydrogen-bond donors (Lipinski definition) is 1. The summed E-state index contributed by atoms with van der Waals surface area (Å²) in [5.74, 6) is 0.444. The van der Waals surface area contributed by atoms with E-state index in [0.29, 0.717) is 33.6 Å². The normalized spacial score (nSPS) is 10.7. The summed E-state index contributed by atoms with van der Waals surface area (Å²) in [5, 5.41) is 9.45. The van der Waals surface area contributed by atoms with Crippen molar-refractivity contribution in [3.05, 3.63) is 99.1 Å². The molecule has 152 valence electrons. The molecule has 0 saturated carbocycles. The number of carbonyl (C=O) groups excluding carboxylic acids is 1. The van der Waals surface area contributed by atoms with Gasteiger partial charge in [0.2, 0.25) is 0 Å². The van der Waals surface area contributed by atoms with Crippen LogP contribution in [-0.2, 0) is 13.2 Å². The zero-order valence-electron chi connectivity index (χ0n) is 15.7. The van der Waals surface area contributed by atoms with E-state index in [9.17, 15) is 9.18 Å². The highest BCUT2D eigenvalue weighted by Crippen LogP contribution is 2.25. The number of hydrogen-bond acceptors (Lipinski definition) is 4. The molecule has 5 nitrogen and oxygen atoms in total. The fourth-order valence-corrected chi connectivity index (χ4v) is 3.77. The maximum Gasteiger partial charge on any atom is 0.266 e. The molecule has 1 N–H and O–H groups in total. The van der Waals surface area contributed by atoms with Crippen LogP contribution in [0.1, 0.15) is 20.8 Å². The van der Waals surface area contributed by atoms with E-state index in [-0.39, 0.29) is 18.3 Å². The molecule has 0 bridgehead atoms. The van der Waals surface area contributed by atoms with Gasteiger partial charge in [-0.1, -0.05) is 41.9 Å². The molecule has 0 aliphatic rings. The van der Waals surface area contributed by atoms with Gasteiger partial charge in [-0.3, -0.25) is 9.48 Å². The molecule has 0 radical (unpaired) electrons. The summed E-state index contributed by atoms with van der Waals surface area (Å²) in [6.07, 6.45) is 1.69. The molecule has 0 fully saturated rings. The standard InChI is InChI=1S/C22H17ClFN3O2S/c23-17-6-2-4-8-19(17)29-13-15-11-20(30-14-15)22(28)25-21-9-10-27(26-21)12-16-5-1-3-7-18(16)24/h1-11,14H,12-13H2,(H,25,26,28). The number of amides is 1. The second kappa shape index (κ2) is 9.11. The van der Waals surface area contributed by atoms with Gasteiger partial charge in [0, 0.05) is 23.4 Å². The number of thiophene rings is 1. The van der Waals surface area contributed by atoms with Gasteiger partial charge in [-0.2, -0.15) is 5.10 Å². The molecule has 0 unspecified atom stereocenters. The van der Waals surface area contributed by atoms with Gasteiger partial charge in [0.1, 0.15) is 18.2 Å². The molecule has 4 aromatic rings. The third kappa shape index (κ3) is 4.87. The first-order valence-corrected chi connectivity index (χ1v) is 10.4. The van der Waals surface area contributed by atoms with Gasteiger partial charge >= 0.3 is 0 Å². The molecular weight excluding hydrogens is 425 g/mol. The predicted octanol–water partition coefficient (Wildman–Crippen LogP) is 5.62. The Bertz CT molecular complexity index is 1170. The third-order valence-electron chi connectivity index (χ3n) is 4.28. The molecule has 8 heteroatoms. The van der Waals surface area contributed by atoms with E-state index >= 15 is 0 Å². The van der Waals surface area contributed by atoms with Crippen LogP contribution in [0.2, 0.25) is 5.02 Å². The lowest BCUT2D eigenvalue weighted by Crippen LogP contribution is -2.11. The van der Waals surface area contributed by atoms with E-state index in [1.54, 1.807) is 53.3 Å². The highest BCUT2D eigenvalue weighted by Gasteiger charge is 2.12. The second-order valence-corrected chi connectivity index (χ2v) is 7.80. The van der Waals surface area contributed by atoms with Gasteiger partial charge in [0.15, 0.2) is 5.82 Å². The van der Waals surface area contributed by atoms with Crippen LogP contribution in [0.25, 0.3) is 0 Å². The van der Waals surface area contributed by atoms with Crippen molar-refractivity contribution in [3.63, 3.8) is 0 Å². The first kappa shape index (κ1) is 20.1. The van der Waals surface area contributed by atoms with Crippen LogP contribution in [0, 0.1) is 5.82 Å². The second-order valence-electron chi connectivity index (χ2n) is 6.48. The van der Waals surface area contributed by atoms with Gasteiger partial charge in [0.05, 0.1) is 16.4 Å². The van der Waals surface area contributed by atoms with Crippen molar-refractivity contribution < 1.29 is 13.9 Å². The first-order valence-electron chi connectivity index (χ1n) is 9.11. The van der Waals surface area contributed by atoms with E-state index in [1.807, 2.05) is 17.5 Å². The highest BCUT2D eigenvalue weighted by atomic mass is 35.5. The summed E-state index contributed by atoms with van der Waals surface area (Å²) in [6, 6.07) is 17.2. The van der Waals surface area contributed by atoms with E-state index < -0.39 is 0 Å². The molecular formula is C22H17ClFN3O2S. The molecule has 30 heavy (non-hydrogen) atoms. The number of nitrogens with zero attached hydrogens (tertiary/aromatic N) is 2. The molecule has 0 aliphatic heterocycles. The topological polar surface area (TPSA) is 56.2 Å². The Kier molecular flexibility index (Phi) is 6.11. The predicted molar refractivity (Wildman–Crippen MR) is 116 cm³/mol. The number of halogens is 2. The lowest BCUT2D eigenvalue weighted by Gasteiger charge is -2.06. The van der Waals surface area contributed by atoms with Crippen LogP contribution < -0.4 is 10.1 Å². The molecule has 4 rings (SSSR count). The smallest absolute Gasteiger partial charge is 0.266 e. The Morgan fingerprint density at radius 3 is 2.80 bits per heavy atom. The maximum absolute atomic E-state index is 13.8. The number of aromatic nitrogens is 2. The molecule has 2 aromatic carbocycles. The van der Waals surface area contributed by atoms with Gasteiger partial charge in [-0.15, -0.1) is 11.3 Å². The average molecular weight is 442 g/mol. The molecule has 1 amide bonds. The maximum atomic E-state index is 13.8. The fraction of sp³-hybridized carbons (Fsp3) is 0.0909. The Labute approximate surface area is 181 Å². The molecule has 0 spiro atoms. The molecule has 0 aliphatic carbocycles. The largest absolute Gasteiger partial charge is 0.487 e. The van der Waals surface area contributed by atoms with Crippen molar-refractivity contribution >= 4 is 34.7 Å². The molecule has 0 atom stereocenters.